The molecule has 0 spiro atoms. The van der Waals surface area contributed by atoms with Gasteiger partial charge in [0.2, 0.25) is 5.91 Å². The van der Waals surface area contributed by atoms with Crippen LogP contribution in [0.1, 0.15) is 32.0 Å². The standard InChI is InChI=1S/C15H19IN4OS/c1-15(2,3)12-13(16)20(8-10-4-6-18-7-5-10)14(19-12)22-9-11(17)21/h4-7H,8-9H2,1-3H3,(H2,17,21). The van der Waals surface area contributed by atoms with Crippen LogP contribution in [0.5, 0.6) is 0 Å². The van der Waals surface area contributed by atoms with Crippen LogP contribution in [0.25, 0.3) is 0 Å². The van der Waals surface area contributed by atoms with Crippen molar-refractivity contribution < 1.29 is 4.79 Å². The number of amides is 1. The smallest absolute Gasteiger partial charge is 0.227 e. The number of aromatic nitrogens is 3. The van der Waals surface area contributed by atoms with Crippen LogP contribution < -0.4 is 5.73 Å². The zero-order valence-electron chi connectivity index (χ0n) is 12.8. The first-order valence-electron chi connectivity index (χ1n) is 6.85. The van der Waals surface area contributed by atoms with Crippen LogP contribution in [0, 0.1) is 3.70 Å². The van der Waals surface area contributed by atoms with Crippen molar-refractivity contribution >= 4 is 40.3 Å². The van der Waals surface area contributed by atoms with Crippen LogP contribution in [-0.2, 0) is 16.8 Å². The number of halogens is 1. The Morgan fingerprint density at radius 1 is 1.36 bits per heavy atom. The third kappa shape index (κ3) is 4.22. The molecule has 2 N–H and O–H groups in total. The van der Waals surface area contributed by atoms with E-state index in [4.69, 9.17) is 10.7 Å². The average Bonchev–Trinajstić information content (AvgIpc) is 2.75. The second-order valence-corrected chi connectivity index (χ2v) is 7.94. The van der Waals surface area contributed by atoms with Gasteiger partial charge >= 0.3 is 0 Å². The first kappa shape index (κ1) is 17.3. The third-order valence-corrected chi connectivity index (χ3v) is 5.11. The van der Waals surface area contributed by atoms with Gasteiger partial charge in [-0.15, -0.1) is 0 Å². The SMILES string of the molecule is CC(C)(C)c1nc(SCC(N)=O)n(Cc2ccncc2)c1I. The van der Waals surface area contributed by atoms with Gasteiger partial charge in [0.1, 0.15) is 3.70 Å². The van der Waals surface area contributed by atoms with E-state index in [1.807, 2.05) is 12.1 Å². The van der Waals surface area contributed by atoms with Crippen LogP contribution in [0.3, 0.4) is 0 Å². The molecule has 0 radical (unpaired) electrons. The number of carbonyl (C=O) groups is 1. The number of carbonyl (C=O) groups excluding carboxylic acids is 1. The maximum Gasteiger partial charge on any atom is 0.227 e. The topological polar surface area (TPSA) is 73.8 Å². The lowest BCUT2D eigenvalue weighted by Crippen LogP contribution is -2.14. The van der Waals surface area contributed by atoms with Gasteiger partial charge in [-0.05, 0) is 40.3 Å². The molecular formula is C15H19IN4OS. The summed E-state index contributed by atoms with van der Waals surface area (Å²) in [4.78, 5) is 19.9. The van der Waals surface area contributed by atoms with Gasteiger partial charge in [-0.2, -0.15) is 0 Å². The predicted molar refractivity (Wildman–Crippen MR) is 96.9 cm³/mol. The Hall–Kier alpha value is -1.09. The van der Waals surface area contributed by atoms with Gasteiger partial charge in [-0.25, -0.2) is 4.98 Å². The molecule has 0 saturated heterocycles. The minimum atomic E-state index is -0.337. The van der Waals surface area contributed by atoms with E-state index in [0.717, 1.165) is 20.1 Å². The monoisotopic (exact) mass is 430 g/mol. The number of hydrogen-bond donors (Lipinski definition) is 1. The van der Waals surface area contributed by atoms with E-state index in [1.165, 1.54) is 11.8 Å². The molecule has 2 rings (SSSR count). The number of nitrogens with zero attached hydrogens (tertiary/aromatic N) is 3. The zero-order chi connectivity index (χ0) is 16.3. The summed E-state index contributed by atoms with van der Waals surface area (Å²) in [6.07, 6.45) is 3.56. The molecule has 0 saturated carbocycles. The molecule has 2 aromatic rings. The first-order valence-corrected chi connectivity index (χ1v) is 8.92. The van der Waals surface area contributed by atoms with Crippen molar-refractivity contribution in [3.63, 3.8) is 0 Å². The van der Waals surface area contributed by atoms with Crippen molar-refractivity contribution in [3.05, 3.63) is 39.5 Å². The average molecular weight is 430 g/mol. The van der Waals surface area contributed by atoms with Crippen LogP contribution in [-0.4, -0.2) is 26.2 Å². The molecule has 118 valence electrons. The van der Waals surface area contributed by atoms with Crippen molar-refractivity contribution in [2.45, 2.75) is 37.9 Å². The Balaban J connectivity index is 2.40. The summed E-state index contributed by atoms with van der Waals surface area (Å²) < 4.78 is 3.22. The molecule has 0 aromatic carbocycles. The lowest BCUT2D eigenvalue weighted by atomic mass is 9.93. The summed E-state index contributed by atoms with van der Waals surface area (Å²) in [7, 11) is 0. The highest BCUT2D eigenvalue weighted by Gasteiger charge is 2.25. The number of hydrogen-bond acceptors (Lipinski definition) is 4. The van der Waals surface area contributed by atoms with Crippen molar-refractivity contribution in [2.24, 2.45) is 5.73 Å². The fourth-order valence-corrected chi connectivity index (χ4v) is 4.18. The number of primary amides is 1. The molecule has 0 atom stereocenters. The van der Waals surface area contributed by atoms with E-state index < -0.39 is 0 Å². The normalized spacial score (nSPS) is 11.6. The summed E-state index contributed by atoms with van der Waals surface area (Å²) in [6, 6.07) is 3.96. The molecule has 0 fully saturated rings. The number of rotatable bonds is 5. The molecule has 7 heteroatoms. The van der Waals surface area contributed by atoms with E-state index in [9.17, 15) is 4.79 Å². The van der Waals surface area contributed by atoms with Crippen LogP contribution >= 0.6 is 34.4 Å². The van der Waals surface area contributed by atoms with Gasteiger partial charge in [-0.1, -0.05) is 32.5 Å². The van der Waals surface area contributed by atoms with E-state index in [0.29, 0.717) is 6.54 Å². The van der Waals surface area contributed by atoms with Crippen LogP contribution in [0.2, 0.25) is 0 Å². The Labute approximate surface area is 148 Å². The number of pyridine rings is 1. The first-order chi connectivity index (χ1) is 10.3. The minimum absolute atomic E-state index is 0.0535. The maximum atomic E-state index is 11.1. The molecule has 0 aliphatic rings. The summed E-state index contributed by atoms with van der Waals surface area (Å²) in [6.45, 7) is 7.11. The fraction of sp³-hybridized carbons (Fsp3) is 0.400. The molecule has 22 heavy (non-hydrogen) atoms. The van der Waals surface area contributed by atoms with E-state index in [2.05, 4.69) is 52.9 Å². The Bertz CT molecular complexity index is 664. The second-order valence-electron chi connectivity index (χ2n) is 5.98. The number of imidazole rings is 1. The highest BCUT2D eigenvalue weighted by molar-refractivity contribution is 14.1. The highest BCUT2D eigenvalue weighted by atomic mass is 127. The summed E-state index contributed by atoms with van der Waals surface area (Å²) in [5, 5.41) is 0.824. The molecule has 2 aromatic heterocycles. The van der Waals surface area contributed by atoms with E-state index in [-0.39, 0.29) is 17.1 Å². The third-order valence-electron chi connectivity index (χ3n) is 3.01. The summed E-state index contributed by atoms with van der Waals surface area (Å²) >= 11 is 3.71. The van der Waals surface area contributed by atoms with Gasteiger partial charge in [0.15, 0.2) is 5.16 Å². The van der Waals surface area contributed by atoms with Crippen LogP contribution in [0.4, 0.5) is 0 Å². The molecule has 0 bridgehead atoms. The van der Waals surface area contributed by atoms with E-state index in [1.54, 1.807) is 12.4 Å². The molecule has 0 aliphatic heterocycles. The summed E-state index contributed by atoms with van der Waals surface area (Å²) in [5.41, 5.74) is 7.39. The van der Waals surface area contributed by atoms with Crippen molar-refractivity contribution in [3.8, 4) is 0 Å². The lowest BCUT2D eigenvalue weighted by molar-refractivity contribution is -0.115. The van der Waals surface area contributed by atoms with Gasteiger partial charge in [-0.3, -0.25) is 9.78 Å². The molecule has 5 nitrogen and oxygen atoms in total. The number of thioether (sulfide) groups is 1. The van der Waals surface area contributed by atoms with Crippen molar-refractivity contribution in [2.75, 3.05) is 5.75 Å². The van der Waals surface area contributed by atoms with Gasteiger partial charge in [0.05, 0.1) is 18.0 Å². The summed E-state index contributed by atoms with van der Waals surface area (Å²) in [5.74, 6) is -0.108. The molecule has 2 heterocycles. The Kier molecular flexibility index (Phi) is 5.49. The molecule has 0 aliphatic carbocycles. The van der Waals surface area contributed by atoms with E-state index >= 15 is 0 Å². The van der Waals surface area contributed by atoms with Gasteiger partial charge < -0.3 is 10.3 Å². The largest absolute Gasteiger partial charge is 0.369 e. The zero-order valence-corrected chi connectivity index (χ0v) is 15.8. The van der Waals surface area contributed by atoms with Crippen molar-refractivity contribution in [1.82, 2.24) is 14.5 Å². The lowest BCUT2D eigenvalue weighted by Gasteiger charge is -2.16. The number of nitrogens with two attached hydrogens (primary N) is 1. The molecule has 0 unspecified atom stereocenters. The molecular weight excluding hydrogens is 411 g/mol. The fourth-order valence-electron chi connectivity index (χ4n) is 1.94. The quantitative estimate of drug-likeness (QED) is 0.585. The second kappa shape index (κ2) is 6.99. The molecule has 1 amide bonds. The Morgan fingerprint density at radius 2 is 2.00 bits per heavy atom. The Morgan fingerprint density at radius 3 is 2.55 bits per heavy atom. The van der Waals surface area contributed by atoms with Crippen molar-refractivity contribution in [1.29, 1.82) is 0 Å². The van der Waals surface area contributed by atoms with Gasteiger partial charge in [0, 0.05) is 17.8 Å². The van der Waals surface area contributed by atoms with Gasteiger partial charge in [0.25, 0.3) is 0 Å². The van der Waals surface area contributed by atoms with Crippen LogP contribution in [0.15, 0.2) is 29.7 Å². The maximum absolute atomic E-state index is 11.1. The highest BCUT2D eigenvalue weighted by Crippen LogP contribution is 2.31. The predicted octanol–water partition coefficient (Wildman–Crippen LogP) is 2.81. The minimum Gasteiger partial charge on any atom is -0.369 e.